The molecule has 0 aliphatic rings. The van der Waals surface area contributed by atoms with Crippen LogP contribution >= 0.6 is 0 Å². The summed E-state index contributed by atoms with van der Waals surface area (Å²) in [7, 11) is -3.49. The lowest BCUT2D eigenvalue weighted by molar-refractivity contribution is 0.445. The first-order valence-corrected chi connectivity index (χ1v) is 8.73. The summed E-state index contributed by atoms with van der Waals surface area (Å²) >= 11 is 0. The van der Waals surface area contributed by atoms with Crippen molar-refractivity contribution in [3.63, 3.8) is 0 Å². The Bertz CT molecular complexity index is 559. The molecule has 1 rings (SSSR count). The van der Waals surface area contributed by atoms with Crippen LogP contribution in [0.2, 0.25) is 0 Å². The van der Waals surface area contributed by atoms with Gasteiger partial charge in [-0.15, -0.1) is 6.42 Å². The Morgan fingerprint density at radius 2 is 1.90 bits per heavy atom. The average Bonchev–Trinajstić information content (AvgIpc) is 2.48. The first kappa shape index (κ1) is 17.7. The molecule has 116 valence electrons. The van der Waals surface area contributed by atoms with Crippen LogP contribution in [0.5, 0.6) is 0 Å². The van der Waals surface area contributed by atoms with E-state index in [4.69, 9.17) is 6.42 Å². The van der Waals surface area contributed by atoms with E-state index < -0.39 is 10.0 Å². The summed E-state index contributed by atoms with van der Waals surface area (Å²) in [6.07, 6.45) is 6.89. The highest BCUT2D eigenvalue weighted by Crippen LogP contribution is 2.16. The molecule has 0 fully saturated rings. The Labute approximate surface area is 128 Å². The third kappa shape index (κ3) is 5.16. The van der Waals surface area contributed by atoms with Crippen LogP contribution in [0.25, 0.3) is 0 Å². The summed E-state index contributed by atoms with van der Waals surface area (Å²) < 4.78 is 26.4. The van der Waals surface area contributed by atoms with Gasteiger partial charge in [0.2, 0.25) is 10.0 Å². The van der Waals surface area contributed by atoms with Crippen LogP contribution in [0.4, 0.5) is 0 Å². The van der Waals surface area contributed by atoms with E-state index in [-0.39, 0.29) is 6.54 Å². The second kappa shape index (κ2) is 8.83. The van der Waals surface area contributed by atoms with Crippen molar-refractivity contribution < 1.29 is 8.42 Å². The summed E-state index contributed by atoms with van der Waals surface area (Å²) in [6.45, 7) is 6.37. The number of terminal acetylenes is 1. The van der Waals surface area contributed by atoms with Gasteiger partial charge in [-0.25, -0.2) is 8.42 Å². The summed E-state index contributed by atoms with van der Waals surface area (Å²) in [5.41, 5.74) is 1.12. The van der Waals surface area contributed by atoms with Gasteiger partial charge < -0.3 is 5.32 Å². The zero-order valence-electron chi connectivity index (χ0n) is 12.8. The molecule has 0 unspecified atom stereocenters. The predicted octanol–water partition coefficient (Wildman–Crippen LogP) is 1.87. The molecule has 0 amide bonds. The lowest BCUT2D eigenvalue weighted by Crippen LogP contribution is -2.32. The SMILES string of the molecule is C#CCN(CCC)S(=O)(=O)c1ccc(CCNCC)cc1. The van der Waals surface area contributed by atoms with Crippen LogP contribution in [-0.2, 0) is 16.4 Å². The maximum absolute atomic E-state index is 12.5. The Balaban J connectivity index is 2.85. The van der Waals surface area contributed by atoms with E-state index in [1.165, 1.54) is 4.31 Å². The quantitative estimate of drug-likeness (QED) is 0.560. The van der Waals surface area contributed by atoms with E-state index in [9.17, 15) is 8.42 Å². The highest BCUT2D eigenvalue weighted by molar-refractivity contribution is 7.89. The van der Waals surface area contributed by atoms with Gasteiger partial charge in [-0.05, 0) is 43.6 Å². The summed E-state index contributed by atoms with van der Waals surface area (Å²) in [4.78, 5) is 0.304. The number of benzene rings is 1. The van der Waals surface area contributed by atoms with Gasteiger partial charge in [0.15, 0.2) is 0 Å². The first-order chi connectivity index (χ1) is 10.1. The molecule has 0 aliphatic heterocycles. The lowest BCUT2D eigenvalue weighted by atomic mass is 10.1. The highest BCUT2D eigenvalue weighted by atomic mass is 32.2. The van der Waals surface area contributed by atoms with Gasteiger partial charge in [0.05, 0.1) is 11.4 Å². The van der Waals surface area contributed by atoms with E-state index in [0.29, 0.717) is 11.4 Å². The number of nitrogens with one attached hydrogen (secondary N) is 1. The largest absolute Gasteiger partial charge is 0.317 e. The Hall–Kier alpha value is -1.35. The van der Waals surface area contributed by atoms with Crippen molar-refractivity contribution in [2.24, 2.45) is 0 Å². The fraction of sp³-hybridized carbons (Fsp3) is 0.500. The van der Waals surface area contributed by atoms with E-state index in [1.54, 1.807) is 12.1 Å². The number of likely N-dealkylation sites (N-methyl/N-ethyl adjacent to an activating group) is 1. The molecule has 1 aromatic carbocycles. The molecule has 4 nitrogen and oxygen atoms in total. The Morgan fingerprint density at radius 1 is 1.24 bits per heavy atom. The van der Waals surface area contributed by atoms with Crippen LogP contribution in [0.1, 0.15) is 25.8 Å². The zero-order chi connectivity index (χ0) is 15.7. The van der Waals surface area contributed by atoms with Crippen molar-refractivity contribution in [1.29, 1.82) is 0 Å². The van der Waals surface area contributed by atoms with Gasteiger partial charge >= 0.3 is 0 Å². The second-order valence-corrected chi connectivity index (χ2v) is 6.73. The molecule has 0 saturated heterocycles. The van der Waals surface area contributed by atoms with Crippen LogP contribution < -0.4 is 5.32 Å². The molecule has 0 heterocycles. The Kier molecular flexibility index (Phi) is 7.44. The van der Waals surface area contributed by atoms with Crippen LogP contribution in [-0.4, -0.2) is 38.9 Å². The molecule has 0 spiro atoms. The maximum atomic E-state index is 12.5. The fourth-order valence-corrected chi connectivity index (χ4v) is 3.47. The van der Waals surface area contributed by atoms with Crippen LogP contribution in [0.3, 0.4) is 0 Å². The average molecular weight is 308 g/mol. The zero-order valence-corrected chi connectivity index (χ0v) is 13.6. The topological polar surface area (TPSA) is 49.4 Å². The molecule has 21 heavy (non-hydrogen) atoms. The van der Waals surface area contributed by atoms with Crippen molar-refractivity contribution in [1.82, 2.24) is 9.62 Å². The molecule has 0 radical (unpaired) electrons. The molecular weight excluding hydrogens is 284 g/mol. The molecule has 0 bridgehead atoms. The lowest BCUT2D eigenvalue weighted by Gasteiger charge is -2.19. The van der Waals surface area contributed by atoms with Crippen molar-refractivity contribution in [3.05, 3.63) is 29.8 Å². The summed E-state index contributed by atoms with van der Waals surface area (Å²) in [5, 5.41) is 3.24. The number of hydrogen-bond acceptors (Lipinski definition) is 3. The second-order valence-electron chi connectivity index (χ2n) is 4.79. The van der Waals surface area contributed by atoms with Gasteiger partial charge in [0, 0.05) is 6.54 Å². The van der Waals surface area contributed by atoms with Crippen molar-refractivity contribution in [3.8, 4) is 12.3 Å². The molecule has 0 aromatic heterocycles. The molecule has 0 aliphatic carbocycles. The minimum atomic E-state index is -3.49. The highest BCUT2D eigenvalue weighted by Gasteiger charge is 2.22. The molecule has 1 aromatic rings. The molecule has 1 N–H and O–H groups in total. The first-order valence-electron chi connectivity index (χ1n) is 7.29. The predicted molar refractivity (Wildman–Crippen MR) is 86.6 cm³/mol. The minimum Gasteiger partial charge on any atom is -0.317 e. The van der Waals surface area contributed by atoms with Crippen LogP contribution in [0, 0.1) is 12.3 Å². The number of sulfonamides is 1. The molecular formula is C16H24N2O2S. The normalized spacial score (nSPS) is 11.5. The number of hydrogen-bond donors (Lipinski definition) is 1. The van der Waals surface area contributed by atoms with E-state index in [0.717, 1.165) is 31.5 Å². The van der Waals surface area contributed by atoms with Crippen molar-refractivity contribution in [2.45, 2.75) is 31.6 Å². The number of rotatable bonds is 9. The molecule has 5 heteroatoms. The maximum Gasteiger partial charge on any atom is 0.243 e. The minimum absolute atomic E-state index is 0.109. The van der Waals surface area contributed by atoms with Gasteiger partial charge in [0.1, 0.15) is 0 Å². The van der Waals surface area contributed by atoms with Crippen molar-refractivity contribution >= 4 is 10.0 Å². The van der Waals surface area contributed by atoms with Gasteiger partial charge in [-0.1, -0.05) is 31.9 Å². The summed E-state index contributed by atoms with van der Waals surface area (Å²) in [6, 6.07) is 7.06. The Morgan fingerprint density at radius 3 is 2.43 bits per heavy atom. The van der Waals surface area contributed by atoms with Crippen LogP contribution in [0.15, 0.2) is 29.2 Å². The number of nitrogens with zero attached hydrogens (tertiary/aromatic N) is 1. The summed E-state index contributed by atoms with van der Waals surface area (Å²) in [5.74, 6) is 2.41. The van der Waals surface area contributed by atoms with E-state index in [1.807, 2.05) is 19.1 Å². The monoisotopic (exact) mass is 308 g/mol. The third-order valence-electron chi connectivity index (χ3n) is 3.14. The smallest absolute Gasteiger partial charge is 0.243 e. The third-order valence-corrected chi connectivity index (χ3v) is 5.00. The van der Waals surface area contributed by atoms with Gasteiger partial charge in [0.25, 0.3) is 0 Å². The van der Waals surface area contributed by atoms with E-state index >= 15 is 0 Å². The fourth-order valence-electron chi connectivity index (χ4n) is 2.02. The molecule has 0 saturated carbocycles. The van der Waals surface area contributed by atoms with E-state index in [2.05, 4.69) is 18.2 Å². The standard InChI is InChI=1S/C16H24N2O2S/c1-4-13-18(14-5-2)21(19,20)16-9-7-15(8-10-16)11-12-17-6-3/h1,7-10,17H,5-6,11-14H2,2-3H3. The van der Waals surface area contributed by atoms with Crippen molar-refractivity contribution in [2.75, 3.05) is 26.2 Å². The molecule has 0 atom stereocenters. The van der Waals surface area contributed by atoms with Gasteiger partial charge in [-0.2, -0.15) is 4.31 Å². The van der Waals surface area contributed by atoms with Gasteiger partial charge in [-0.3, -0.25) is 0 Å².